The van der Waals surface area contributed by atoms with E-state index in [-0.39, 0.29) is 11.7 Å². The van der Waals surface area contributed by atoms with Crippen LogP contribution in [0.1, 0.15) is 16.7 Å². The van der Waals surface area contributed by atoms with E-state index in [1.54, 1.807) is 20.3 Å². The fraction of sp³-hybridized carbons (Fsp3) is 0.185. The Morgan fingerprint density at radius 3 is 2.33 bits per heavy atom. The Bertz CT molecular complexity index is 1370. The van der Waals surface area contributed by atoms with Crippen LogP contribution < -0.4 is 14.9 Å². The van der Waals surface area contributed by atoms with Crippen molar-refractivity contribution in [3.63, 3.8) is 0 Å². The first-order chi connectivity index (χ1) is 17.5. The van der Waals surface area contributed by atoms with E-state index in [1.807, 2.05) is 79.1 Å². The van der Waals surface area contributed by atoms with Crippen LogP contribution in [0.15, 0.2) is 77.0 Å². The van der Waals surface area contributed by atoms with Gasteiger partial charge in [-0.3, -0.25) is 9.36 Å². The van der Waals surface area contributed by atoms with E-state index in [0.29, 0.717) is 28.0 Å². The van der Waals surface area contributed by atoms with E-state index in [9.17, 15) is 4.79 Å². The molecule has 0 aliphatic carbocycles. The molecule has 0 spiro atoms. The maximum atomic E-state index is 12.5. The molecule has 4 rings (SSSR count). The van der Waals surface area contributed by atoms with Gasteiger partial charge in [-0.05, 0) is 38.1 Å². The van der Waals surface area contributed by atoms with Gasteiger partial charge < -0.3 is 9.47 Å². The molecule has 0 saturated carbocycles. The summed E-state index contributed by atoms with van der Waals surface area (Å²) in [6.07, 6.45) is 1.52. The molecule has 1 heterocycles. The summed E-state index contributed by atoms with van der Waals surface area (Å²) in [5.41, 5.74) is 7.43. The molecular weight excluding hydrogens is 474 g/mol. The van der Waals surface area contributed by atoms with Gasteiger partial charge >= 0.3 is 0 Å². The van der Waals surface area contributed by atoms with Gasteiger partial charge in [-0.1, -0.05) is 65.4 Å². The molecule has 9 heteroatoms. The molecule has 0 fully saturated rings. The lowest BCUT2D eigenvalue weighted by Crippen LogP contribution is -2.20. The number of aromatic nitrogens is 3. The van der Waals surface area contributed by atoms with Gasteiger partial charge in [0.1, 0.15) is 0 Å². The van der Waals surface area contributed by atoms with Crippen LogP contribution in [0, 0.1) is 13.8 Å². The smallest absolute Gasteiger partial charge is 0.250 e. The number of thioether (sulfide) groups is 1. The van der Waals surface area contributed by atoms with Crippen molar-refractivity contribution in [1.29, 1.82) is 0 Å². The molecule has 0 atom stereocenters. The van der Waals surface area contributed by atoms with Crippen molar-refractivity contribution >= 4 is 23.9 Å². The van der Waals surface area contributed by atoms with Gasteiger partial charge in [0.2, 0.25) is 0 Å². The average molecular weight is 502 g/mol. The van der Waals surface area contributed by atoms with Crippen molar-refractivity contribution in [2.24, 2.45) is 5.10 Å². The van der Waals surface area contributed by atoms with Crippen molar-refractivity contribution in [3.05, 3.63) is 83.4 Å². The highest BCUT2D eigenvalue weighted by molar-refractivity contribution is 7.99. The molecule has 36 heavy (non-hydrogen) atoms. The van der Waals surface area contributed by atoms with E-state index < -0.39 is 0 Å². The zero-order valence-electron chi connectivity index (χ0n) is 20.6. The third kappa shape index (κ3) is 5.75. The summed E-state index contributed by atoms with van der Waals surface area (Å²) in [6, 6.07) is 21.7. The number of benzene rings is 3. The quantitative estimate of drug-likeness (QED) is 0.201. The first-order valence-electron chi connectivity index (χ1n) is 11.3. The number of amides is 1. The summed E-state index contributed by atoms with van der Waals surface area (Å²) < 4.78 is 12.6. The molecule has 0 bridgehead atoms. The van der Waals surface area contributed by atoms with Gasteiger partial charge in [-0.2, -0.15) is 5.10 Å². The Morgan fingerprint density at radius 1 is 0.972 bits per heavy atom. The van der Waals surface area contributed by atoms with Crippen molar-refractivity contribution in [1.82, 2.24) is 20.2 Å². The maximum absolute atomic E-state index is 12.5. The zero-order valence-corrected chi connectivity index (χ0v) is 21.4. The minimum atomic E-state index is -0.270. The highest BCUT2D eigenvalue weighted by atomic mass is 32.2. The molecule has 0 aliphatic rings. The first-order valence-corrected chi connectivity index (χ1v) is 12.2. The number of para-hydroxylation sites is 1. The van der Waals surface area contributed by atoms with E-state index >= 15 is 0 Å². The number of carbonyl (C=O) groups is 1. The van der Waals surface area contributed by atoms with Crippen molar-refractivity contribution < 1.29 is 14.3 Å². The van der Waals surface area contributed by atoms with Crippen LogP contribution in [0.4, 0.5) is 0 Å². The lowest BCUT2D eigenvalue weighted by atomic mass is 10.1. The minimum absolute atomic E-state index is 0.116. The molecule has 0 aliphatic heterocycles. The number of nitrogens with zero attached hydrogens (tertiary/aromatic N) is 4. The first kappa shape index (κ1) is 25.0. The average Bonchev–Trinajstić information content (AvgIpc) is 3.32. The van der Waals surface area contributed by atoms with E-state index in [2.05, 4.69) is 20.7 Å². The molecule has 4 aromatic rings. The molecule has 8 nitrogen and oxygen atoms in total. The Hall–Kier alpha value is -4.11. The topological polar surface area (TPSA) is 90.6 Å². The normalized spacial score (nSPS) is 11.0. The molecule has 1 amide bonds. The number of carbonyl (C=O) groups excluding carboxylic acids is 1. The van der Waals surface area contributed by atoms with Gasteiger partial charge in [-0.25, -0.2) is 5.43 Å². The highest BCUT2D eigenvalue weighted by Crippen LogP contribution is 2.30. The Morgan fingerprint density at radius 2 is 1.67 bits per heavy atom. The van der Waals surface area contributed by atoms with Gasteiger partial charge in [0.15, 0.2) is 22.5 Å². The molecule has 3 aromatic carbocycles. The van der Waals surface area contributed by atoms with Crippen LogP contribution in [-0.2, 0) is 4.79 Å². The summed E-state index contributed by atoms with van der Waals surface area (Å²) in [4.78, 5) is 12.5. The Labute approximate surface area is 214 Å². The number of nitrogens with one attached hydrogen (secondary N) is 1. The number of hydrogen-bond donors (Lipinski definition) is 1. The number of ether oxygens (including phenoxy) is 2. The third-order valence-electron chi connectivity index (χ3n) is 5.39. The molecule has 1 aromatic heterocycles. The summed E-state index contributed by atoms with van der Waals surface area (Å²) in [5.74, 6) is 1.69. The maximum Gasteiger partial charge on any atom is 0.250 e. The van der Waals surface area contributed by atoms with Crippen LogP contribution in [-0.4, -0.2) is 46.9 Å². The summed E-state index contributed by atoms with van der Waals surface area (Å²) in [5, 5.41) is 13.5. The Balaban J connectivity index is 1.50. The van der Waals surface area contributed by atoms with Gasteiger partial charge in [-0.15, -0.1) is 10.2 Å². The van der Waals surface area contributed by atoms with Crippen LogP contribution >= 0.6 is 11.8 Å². The lowest BCUT2D eigenvalue weighted by Gasteiger charge is -2.11. The molecule has 184 valence electrons. The second kappa shape index (κ2) is 11.5. The van der Waals surface area contributed by atoms with Crippen LogP contribution in [0.5, 0.6) is 11.5 Å². The fourth-order valence-electron chi connectivity index (χ4n) is 3.53. The summed E-state index contributed by atoms with van der Waals surface area (Å²) >= 11 is 1.29. The lowest BCUT2D eigenvalue weighted by molar-refractivity contribution is -0.118. The SMILES string of the molecule is COc1cccc(/C=N\NC(=O)CSc2nnc(-c3ccc(C)cc3)n2-c2ccc(C)cc2)c1OC. The van der Waals surface area contributed by atoms with Crippen molar-refractivity contribution in [2.75, 3.05) is 20.0 Å². The molecular formula is C27H27N5O3S. The fourth-order valence-corrected chi connectivity index (χ4v) is 4.27. The van der Waals surface area contributed by atoms with Crippen molar-refractivity contribution in [2.45, 2.75) is 19.0 Å². The van der Waals surface area contributed by atoms with Crippen LogP contribution in [0.2, 0.25) is 0 Å². The third-order valence-corrected chi connectivity index (χ3v) is 6.32. The number of methoxy groups -OCH3 is 2. The second-order valence-corrected chi connectivity index (χ2v) is 8.95. The van der Waals surface area contributed by atoms with Crippen molar-refractivity contribution in [3.8, 4) is 28.6 Å². The Kier molecular flexibility index (Phi) is 8.02. The zero-order chi connectivity index (χ0) is 25.5. The van der Waals surface area contributed by atoms with Gasteiger partial charge in [0.25, 0.3) is 5.91 Å². The highest BCUT2D eigenvalue weighted by Gasteiger charge is 2.17. The summed E-state index contributed by atoms with van der Waals surface area (Å²) in [6.45, 7) is 4.08. The largest absolute Gasteiger partial charge is 0.493 e. The number of hydrogen-bond acceptors (Lipinski definition) is 7. The standard InChI is InChI=1S/C27H27N5O3S/c1-18-8-12-20(13-9-18)26-30-31-27(32(26)22-14-10-19(2)11-15-22)36-17-24(33)29-28-16-21-6-5-7-23(34-3)25(21)35-4/h5-16H,17H2,1-4H3,(H,29,33)/b28-16-. The van der Waals surface area contributed by atoms with E-state index in [1.165, 1.54) is 23.5 Å². The minimum Gasteiger partial charge on any atom is -0.493 e. The van der Waals surface area contributed by atoms with Gasteiger partial charge in [0, 0.05) is 16.8 Å². The summed E-state index contributed by atoms with van der Waals surface area (Å²) in [7, 11) is 3.12. The monoisotopic (exact) mass is 501 g/mol. The molecule has 0 saturated heterocycles. The number of aryl methyl sites for hydroxylation is 2. The van der Waals surface area contributed by atoms with Crippen LogP contribution in [0.25, 0.3) is 17.1 Å². The molecule has 1 N–H and O–H groups in total. The number of hydrazone groups is 1. The van der Waals surface area contributed by atoms with E-state index in [4.69, 9.17) is 9.47 Å². The predicted molar refractivity (Wildman–Crippen MR) is 142 cm³/mol. The molecule has 0 unspecified atom stereocenters. The van der Waals surface area contributed by atoms with Gasteiger partial charge in [0.05, 0.1) is 26.2 Å². The van der Waals surface area contributed by atoms with Crippen LogP contribution in [0.3, 0.4) is 0 Å². The number of rotatable bonds is 9. The predicted octanol–water partition coefficient (Wildman–Crippen LogP) is 4.81. The second-order valence-electron chi connectivity index (χ2n) is 8.01. The van der Waals surface area contributed by atoms with E-state index in [0.717, 1.165) is 16.8 Å². The molecule has 0 radical (unpaired) electrons.